The van der Waals surface area contributed by atoms with Crippen LogP contribution in [0.25, 0.3) is 0 Å². The lowest BCUT2D eigenvalue weighted by atomic mass is 10.1. The maximum absolute atomic E-state index is 9.15. The number of amidine groups is 1. The third kappa shape index (κ3) is 2.44. The van der Waals surface area contributed by atoms with Crippen LogP contribution in [0.2, 0.25) is 0 Å². The number of nitrogen functional groups attached to an aromatic ring is 1. The summed E-state index contributed by atoms with van der Waals surface area (Å²) in [6, 6.07) is 1.84. The number of rotatable bonds is 3. The molecule has 1 aliphatic rings. The number of pyridine rings is 1. The number of aliphatic hydroxyl groups is 1. The molecule has 1 unspecified atom stereocenters. The molecule has 4 N–H and O–H groups in total. The summed E-state index contributed by atoms with van der Waals surface area (Å²) in [5.41, 5.74) is 7.22. The van der Waals surface area contributed by atoms with Gasteiger partial charge in [-0.1, -0.05) is 0 Å². The first-order valence-electron chi connectivity index (χ1n) is 5.91. The van der Waals surface area contributed by atoms with Crippen molar-refractivity contribution in [3.63, 3.8) is 0 Å². The molecule has 0 spiro atoms. The standard InChI is InChI=1S/C12H18N4O2/c1-8-2-3-15-12(10(8)11(13)14)16-4-5-18-9(6-16)7-17/h2-3,9,17H,4-7H2,1H3,(H3,13,14). The fourth-order valence-corrected chi connectivity index (χ4v) is 2.14. The van der Waals surface area contributed by atoms with E-state index in [0.29, 0.717) is 31.1 Å². The molecule has 18 heavy (non-hydrogen) atoms. The van der Waals surface area contributed by atoms with Gasteiger partial charge in [-0.05, 0) is 18.6 Å². The average Bonchev–Trinajstić information content (AvgIpc) is 2.38. The van der Waals surface area contributed by atoms with Crippen LogP contribution in [0.5, 0.6) is 0 Å². The first kappa shape index (κ1) is 12.8. The highest BCUT2D eigenvalue weighted by Gasteiger charge is 2.24. The molecule has 0 saturated carbocycles. The number of anilines is 1. The highest BCUT2D eigenvalue weighted by molar-refractivity contribution is 6.01. The lowest BCUT2D eigenvalue weighted by molar-refractivity contribution is 0.00335. The predicted octanol–water partition coefficient (Wildman–Crippen LogP) is -0.128. The molecule has 6 heteroatoms. The Labute approximate surface area is 106 Å². The number of aryl methyl sites for hydroxylation is 1. The van der Waals surface area contributed by atoms with E-state index in [9.17, 15) is 0 Å². The minimum atomic E-state index is -0.208. The van der Waals surface area contributed by atoms with Crippen molar-refractivity contribution in [1.29, 1.82) is 5.41 Å². The van der Waals surface area contributed by atoms with Gasteiger partial charge in [-0.15, -0.1) is 0 Å². The van der Waals surface area contributed by atoms with Gasteiger partial charge in [-0.25, -0.2) is 4.98 Å². The lowest BCUT2D eigenvalue weighted by Gasteiger charge is -2.34. The van der Waals surface area contributed by atoms with Crippen molar-refractivity contribution in [3.8, 4) is 0 Å². The Balaban J connectivity index is 2.32. The molecule has 1 saturated heterocycles. The molecule has 1 aromatic heterocycles. The Hall–Kier alpha value is -1.66. The van der Waals surface area contributed by atoms with Gasteiger partial charge in [0.1, 0.15) is 11.7 Å². The number of nitrogens with zero attached hydrogens (tertiary/aromatic N) is 2. The van der Waals surface area contributed by atoms with Crippen LogP contribution in [0.15, 0.2) is 12.3 Å². The number of morpholine rings is 1. The average molecular weight is 250 g/mol. The molecular weight excluding hydrogens is 232 g/mol. The lowest BCUT2D eigenvalue weighted by Crippen LogP contribution is -2.45. The van der Waals surface area contributed by atoms with Gasteiger partial charge < -0.3 is 20.5 Å². The van der Waals surface area contributed by atoms with E-state index in [2.05, 4.69) is 4.98 Å². The molecule has 0 bridgehead atoms. The minimum absolute atomic E-state index is 0.0162. The second-order valence-electron chi connectivity index (χ2n) is 4.36. The smallest absolute Gasteiger partial charge is 0.139 e. The highest BCUT2D eigenvalue weighted by atomic mass is 16.5. The van der Waals surface area contributed by atoms with Gasteiger partial charge >= 0.3 is 0 Å². The van der Waals surface area contributed by atoms with Crippen molar-refractivity contribution < 1.29 is 9.84 Å². The number of aromatic nitrogens is 1. The molecule has 0 radical (unpaired) electrons. The maximum Gasteiger partial charge on any atom is 0.139 e. The molecule has 2 rings (SSSR count). The van der Waals surface area contributed by atoms with E-state index in [1.807, 2.05) is 17.9 Å². The fraction of sp³-hybridized carbons (Fsp3) is 0.500. The van der Waals surface area contributed by atoms with Crippen LogP contribution in [-0.2, 0) is 4.74 Å². The topological polar surface area (TPSA) is 95.5 Å². The van der Waals surface area contributed by atoms with Crippen molar-refractivity contribution in [2.45, 2.75) is 13.0 Å². The second-order valence-corrected chi connectivity index (χ2v) is 4.36. The van der Waals surface area contributed by atoms with Crippen LogP contribution >= 0.6 is 0 Å². The summed E-state index contributed by atoms with van der Waals surface area (Å²) in [5.74, 6) is 0.715. The Morgan fingerprint density at radius 3 is 3.17 bits per heavy atom. The number of hydrogen-bond acceptors (Lipinski definition) is 5. The number of nitrogens with one attached hydrogen (secondary N) is 1. The fourth-order valence-electron chi connectivity index (χ4n) is 2.14. The summed E-state index contributed by atoms with van der Waals surface area (Å²) in [4.78, 5) is 6.33. The van der Waals surface area contributed by atoms with Crippen LogP contribution < -0.4 is 10.6 Å². The zero-order chi connectivity index (χ0) is 13.1. The summed E-state index contributed by atoms with van der Waals surface area (Å²) in [6.07, 6.45) is 1.50. The zero-order valence-corrected chi connectivity index (χ0v) is 10.4. The minimum Gasteiger partial charge on any atom is -0.394 e. The van der Waals surface area contributed by atoms with Crippen LogP contribution in [0.4, 0.5) is 5.82 Å². The molecule has 1 aromatic rings. The van der Waals surface area contributed by atoms with Crippen molar-refractivity contribution in [2.24, 2.45) is 5.73 Å². The highest BCUT2D eigenvalue weighted by Crippen LogP contribution is 2.22. The summed E-state index contributed by atoms with van der Waals surface area (Å²) in [5, 5.41) is 16.8. The van der Waals surface area contributed by atoms with Crippen molar-refractivity contribution in [1.82, 2.24) is 4.98 Å². The van der Waals surface area contributed by atoms with Gasteiger partial charge in [0.2, 0.25) is 0 Å². The molecule has 98 valence electrons. The Morgan fingerprint density at radius 1 is 1.72 bits per heavy atom. The third-order valence-corrected chi connectivity index (χ3v) is 3.05. The summed E-state index contributed by atoms with van der Waals surface area (Å²) >= 11 is 0. The molecule has 1 aliphatic heterocycles. The predicted molar refractivity (Wildman–Crippen MR) is 69.0 cm³/mol. The largest absolute Gasteiger partial charge is 0.394 e. The monoisotopic (exact) mass is 250 g/mol. The van der Waals surface area contributed by atoms with Gasteiger partial charge in [-0.2, -0.15) is 0 Å². The molecular formula is C12H18N4O2. The van der Waals surface area contributed by atoms with Gasteiger partial charge in [0.05, 0.1) is 24.9 Å². The van der Waals surface area contributed by atoms with E-state index < -0.39 is 0 Å². The Bertz CT molecular complexity index is 450. The zero-order valence-electron chi connectivity index (χ0n) is 10.4. The quantitative estimate of drug-likeness (QED) is 0.513. The molecule has 6 nitrogen and oxygen atoms in total. The van der Waals surface area contributed by atoms with E-state index in [1.165, 1.54) is 0 Å². The van der Waals surface area contributed by atoms with E-state index in [4.69, 9.17) is 21.0 Å². The van der Waals surface area contributed by atoms with E-state index in [1.54, 1.807) is 6.20 Å². The summed E-state index contributed by atoms with van der Waals surface area (Å²) < 4.78 is 5.41. The van der Waals surface area contributed by atoms with Gasteiger partial charge in [0, 0.05) is 19.3 Å². The number of aliphatic hydroxyl groups excluding tert-OH is 1. The van der Waals surface area contributed by atoms with E-state index in [-0.39, 0.29) is 18.5 Å². The second kappa shape index (κ2) is 5.32. The third-order valence-electron chi connectivity index (χ3n) is 3.05. The Morgan fingerprint density at radius 2 is 2.50 bits per heavy atom. The Kier molecular flexibility index (Phi) is 3.78. The molecule has 0 aromatic carbocycles. The number of nitrogens with two attached hydrogens (primary N) is 1. The summed E-state index contributed by atoms with van der Waals surface area (Å²) in [7, 11) is 0. The molecule has 0 amide bonds. The van der Waals surface area contributed by atoms with E-state index in [0.717, 1.165) is 5.56 Å². The van der Waals surface area contributed by atoms with Crippen LogP contribution in [0.1, 0.15) is 11.1 Å². The molecule has 1 fully saturated rings. The van der Waals surface area contributed by atoms with Gasteiger partial charge in [0.25, 0.3) is 0 Å². The number of hydrogen-bond donors (Lipinski definition) is 3. The molecule has 0 aliphatic carbocycles. The summed E-state index contributed by atoms with van der Waals surface area (Å²) in [6.45, 7) is 3.68. The first-order chi connectivity index (χ1) is 8.63. The van der Waals surface area contributed by atoms with Gasteiger partial charge in [0.15, 0.2) is 0 Å². The normalized spacial score (nSPS) is 19.9. The van der Waals surface area contributed by atoms with Crippen LogP contribution in [0.3, 0.4) is 0 Å². The maximum atomic E-state index is 9.15. The van der Waals surface area contributed by atoms with Crippen molar-refractivity contribution in [2.75, 3.05) is 31.2 Å². The van der Waals surface area contributed by atoms with E-state index >= 15 is 0 Å². The number of ether oxygens (including phenoxy) is 1. The molecule has 2 heterocycles. The van der Waals surface area contributed by atoms with Crippen molar-refractivity contribution in [3.05, 3.63) is 23.4 Å². The van der Waals surface area contributed by atoms with Gasteiger partial charge in [-0.3, -0.25) is 5.41 Å². The van der Waals surface area contributed by atoms with Crippen LogP contribution in [-0.4, -0.2) is 48.3 Å². The van der Waals surface area contributed by atoms with Crippen molar-refractivity contribution >= 4 is 11.7 Å². The first-order valence-corrected chi connectivity index (χ1v) is 5.91. The van der Waals surface area contributed by atoms with Crippen LogP contribution in [0, 0.1) is 12.3 Å². The molecule has 1 atom stereocenters. The SMILES string of the molecule is Cc1ccnc(N2CCOC(CO)C2)c1C(=N)N.